The topological polar surface area (TPSA) is 0 Å². The zero-order chi connectivity index (χ0) is 10.3. The molecule has 1 atom stereocenters. The van der Waals surface area contributed by atoms with Crippen LogP contribution in [0.2, 0.25) is 0 Å². The van der Waals surface area contributed by atoms with E-state index in [0.717, 1.165) is 12.3 Å². The van der Waals surface area contributed by atoms with Gasteiger partial charge < -0.3 is 0 Å². The SMILES string of the molecule is ClC(CC1CC1)c1csc2ccccc12. The minimum Gasteiger partial charge on any atom is -0.143 e. The highest BCUT2D eigenvalue weighted by atomic mass is 35.5. The minimum atomic E-state index is 0.216. The minimum absolute atomic E-state index is 0.216. The van der Waals surface area contributed by atoms with Gasteiger partial charge in [-0.1, -0.05) is 31.0 Å². The van der Waals surface area contributed by atoms with Crippen LogP contribution < -0.4 is 0 Å². The fourth-order valence-corrected chi connectivity index (χ4v) is 3.54. The number of hydrogen-bond donors (Lipinski definition) is 0. The predicted molar refractivity (Wildman–Crippen MR) is 67.8 cm³/mol. The molecule has 1 heterocycles. The molecule has 1 unspecified atom stereocenters. The first kappa shape index (κ1) is 9.68. The smallest absolute Gasteiger partial charge is 0.0602 e. The Labute approximate surface area is 98.9 Å². The molecule has 78 valence electrons. The molecule has 0 aliphatic heterocycles. The van der Waals surface area contributed by atoms with E-state index in [2.05, 4.69) is 29.6 Å². The first-order chi connectivity index (χ1) is 7.34. The second-order valence-electron chi connectivity index (χ2n) is 4.33. The average molecular weight is 237 g/mol. The molecule has 1 aliphatic rings. The third kappa shape index (κ3) is 1.91. The van der Waals surface area contributed by atoms with Crippen LogP contribution in [0, 0.1) is 5.92 Å². The van der Waals surface area contributed by atoms with Crippen LogP contribution in [0.15, 0.2) is 29.6 Å². The first-order valence-corrected chi connectivity index (χ1v) is 6.76. The van der Waals surface area contributed by atoms with Crippen LogP contribution in [0.3, 0.4) is 0 Å². The Morgan fingerprint density at radius 1 is 1.33 bits per heavy atom. The molecular formula is C13H13ClS. The van der Waals surface area contributed by atoms with E-state index in [9.17, 15) is 0 Å². The quantitative estimate of drug-likeness (QED) is 0.660. The van der Waals surface area contributed by atoms with Crippen molar-refractivity contribution < 1.29 is 0 Å². The number of alkyl halides is 1. The molecule has 0 amide bonds. The van der Waals surface area contributed by atoms with E-state index in [-0.39, 0.29) is 5.38 Å². The van der Waals surface area contributed by atoms with E-state index in [0.29, 0.717) is 0 Å². The summed E-state index contributed by atoms with van der Waals surface area (Å²) in [6.07, 6.45) is 3.92. The van der Waals surface area contributed by atoms with Crippen LogP contribution in [0.25, 0.3) is 10.1 Å². The molecule has 0 saturated heterocycles. The van der Waals surface area contributed by atoms with Crippen LogP contribution in [-0.2, 0) is 0 Å². The first-order valence-electron chi connectivity index (χ1n) is 5.45. The average Bonchev–Trinajstić information content (AvgIpc) is 2.96. The summed E-state index contributed by atoms with van der Waals surface area (Å²) in [7, 11) is 0. The van der Waals surface area contributed by atoms with Gasteiger partial charge in [0.15, 0.2) is 0 Å². The highest BCUT2D eigenvalue weighted by molar-refractivity contribution is 7.17. The molecule has 3 rings (SSSR count). The zero-order valence-electron chi connectivity index (χ0n) is 8.45. The number of hydrogen-bond acceptors (Lipinski definition) is 1. The molecule has 2 aromatic rings. The Bertz CT molecular complexity index is 470. The molecule has 0 bridgehead atoms. The van der Waals surface area contributed by atoms with E-state index in [4.69, 9.17) is 11.6 Å². The molecule has 1 saturated carbocycles. The number of rotatable bonds is 3. The van der Waals surface area contributed by atoms with Crippen LogP contribution in [0.4, 0.5) is 0 Å². The standard InChI is InChI=1S/C13H13ClS/c14-12(7-9-5-6-9)11-8-15-13-4-2-1-3-10(11)13/h1-4,8-9,12H,5-7H2. The Kier molecular flexibility index (Phi) is 2.45. The molecule has 0 spiro atoms. The largest absolute Gasteiger partial charge is 0.143 e. The maximum absolute atomic E-state index is 6.47. The Morgan fingerprint density at radius 2 is 2.13 bits per heavy atom. The summed E-state index contributed by atoms with van der Waals surface area (Å²) < 4.78 is 1.36. The summed E-state index contributed by atoms with van der Waals surface area (Å²) in [5.74, 6) is 0.895. The van der Waals surface area contributed by atoms with Gasteiger partial charge in [0.1, 0.15) is 0 Å². The summed E-state index contributed by atoms with van der Waals surface area (Å²) in [6.45, 7) is 0. The summed E-state index contributed by atoms with van der Waals surface area (Å²) in [6, 6.07) is 8.54. The van der Waals surface area contributed by atoms with Crippen molar-refractivity contribution >= 4 is 33.0 Å². The Morgan fingerprint density at radius 3 is 2.93 bits per heavy atom. The van der Waals surface area contributed by atoms with Gasteiger partial charge in [0.25, 0.3) is 0 Å². The van der Waals surface area contributed by atoms with Gasteiger partial charge in [0.2, 0.25) is 0 Å². The highest BCUT2D eigenvalue weighted by Crippen LogP contribution is 2.43. The van der Waals surface area contributed by atoms with E-state index >= 15 is 0 Å². The van der Waals surface area contributed by atoms with Crippen molar-refractivity contribution in [1.82, 2.24) is 0 Å². The monoisotopic (exact) mass is 236 g/mol. The lowest BCUT2D eigenvalue weighted by Gasteiger charge is -2.07. The Hall–Kier alpha value is -0.530. The van der Waals surface area contributed by atoms with Crippen molar-refractivity contribution in [1.29, 1.82) is 0 Å². The molecule has 1 aromatic heterocycles. The maximum atomic E-state index is 6.47. The third-order valence-electron chi connectivity index (χ3n) is 3.09. The number of halogens is 1. The van der Waals surface area contributed by atoms with Crippen molar-refractivity contribution in [2.75, 3.05) is 0 Å². The molecule has 1 aromatic carbocycles. The van der Waals surface area contributed by atoms with E-state index in [1.807, 2.05) is 0 Å². The van der Waals surface area contributed by atoms with Crippen LogP contribution >= 0.6 is 22.9 Å². The maximum Gasteiger partial charge on any atom is 0.0602 e. The molecule has 15 heavy (non-hydrogen) atoms. The van der Waals surface area contributed by atoms with E-state index < -0.39 is 0 Å². The van der Waals surface area contributed by atoms with Gasteiger partial charge in [-0.3, -0.25) is 0 Å². The van der Waals surface area contributed by atoms with Crippen molar-refractivity contribution in [3.8, 4) is 0 Å². The van der Waals surface area contributed by atoms with Crippen LogP contribution in [0.5, 0.6) is 0 Å². The summed E-state index contributed by atoms with van der Waals surface area (Å²) in [5.41, 5.74) is 1.34. The molecule has 0 nitrogen and oxygen atoms in total. The molecule has 0 N–H and O–H groups in total. The fourth-order valence-electron chi connectivity index (χ4n) is 2.01. The van der Waals surface area contributed by atoms with Crippen molar-refractivity contribution in [2.45, 2.75) is 24.6 Å². The molecule has 1 aliphatic carbocycles. The van der Waals surface area contributed by atoms with Crippen molar-refractivity contribution in [2.24, 2.45) is 5.92 Å². The van der Waals surface area contributed by atoms with Gasteiger partial charge in [-0.15, -0.1) is 22.9 Å². The van der Waals surface area contributed by atoms with Crippen LogP contribution in [-0.4, -0.2) is 0 Å². The van der Waals surface area contributed by atoms with Crippen molar-refractivity contribution in [3.63, 3.8) is 0 Å². The summed E-state index contributed by atoms with van der Waals surface area (Å²) >= 11 is 8.27. The molecule has 2 heteroatoms. The fraction of sp³-hybridized carbons (Fsp3) is 0.385. The van der Waals surface area contributed by atoms with Gasteiger partial charge >= 0.3 is 0 Å². The summed E-state index contributed by atoms with van der Waals surface area (Å²) in [4.78, 5) is 0. The second-order valence-corrected chi connectivity index (χ2v) is 5.77. The number of benzene rings is 1. The van der Waals surface area contributed by atoms with E-state index in [1.165, 1.54) is 28.5 Å². The zero-order valence-corrected chi connectivity index (χ0v) is 10.0. The summed E-state index contributed by atoms with van der Waals surface area (Å²) in [5, 5.41) is 3.79. The molecule has 0 radical (unpaired) electrons. The molecular weight excluding hydrogens is 224 g/mol. The Balaban J connectivity index is 1.95. The van der Waals surface area contributed by atoms with Gasteiger partial charge in [-0.25, -0.2) is 0 Å². The lowest BCUT2D eigenvalue weighted by atomic mass is 10.1. The second kappa shape index (κ2) is 3.80. The molecule has 1 fully saturated rings. The van der Waals surface area contributed by atoms with Gasteiger partial charge in [-0.05, 0) is 34.7 Å². The van der Waals surface area contributed by atoms with Gasteiger partial charge in [0.05, 0.1) is 5.38 Å². The highest BCUT2D eigenvalue weighted by Gasteiger charge is 2.26. The van der Waals surface area contributed by atoms with Crippen molar-refractivity contribution in [3.05, 3.63) is 35.2 Å². The normalized spacial score (nSPS) is 18.2. The number of thiophene rings is 1. The lowest BCUT2D eigenvalue weighted by molar-refractivity contribution is 0.710. The van der Waals surface area contributed by atoms with E-state index in [1.54, 1.807) is 11.3 Å². The number of fused-ring (bicyclic) bond motifs is 1. The van der Waals surface area contributed by atoms with Gasteiger partial charge in [0, 0.05) is 4.70 Å². The predicted octanol–water partition coefficient (Wildman–Crippen LogP) is 4.98. The van der Waals surface area contributed by atoms with Crippen LogP contribution in [0.1, 0.15) is 30.2 Å². The lowest BCUT2D eigenvalue weighted by Crippen LogP contribution is -1.90. The third-order valence-corrected chi connectivity index (χ3v) is 4.48. The van der Waals surface area contributed by atoms with Gasteiger partial charge in [-0.2, -0.15) is 0 Å².